The molecule has 4 heterocycles. The predicted molar refractivity (Wildman–Crippen MR) is 201 cm³/mol. The van der Waals surface area contributed by atoms with Crippen LogP contribution in [0.4, 0.5) is 4.39 Å². The van der Waals surface area contributed by atoms with Gasteiger partial charge in [0.15, 0.2) is 5.65 Å². The van der Waals surface area contributed by atoms with Crippen molar-refractivity contribution in [1.29, 1.82) is 0 Å². The van der Waals surface area contributed by atoms with Crippen molar-refractivity contribution < 1.29 is 33.0 Å². The SMILES string of the molecule is Cc1ccnc2nc(-c3[c-]ccc4c3oc3ccccc34)n(-c3c(C(C)C)cccc3C(C)C)c12.[2H]C([2H])([2H])c1c[c-]c(-c2ccc(C)cn2)c(F)c1.[Ir]. The molecule has 8 aromatic rings. The van der Waals surface area contributed by atoms with Crippen LogP contribution in [0.3, 0.4) is 0 Å². The third-order valence-corrected chi connectivity index (χ3v) is 8.94. The van der Waals surface area contributed by atoms with Crippen LogP contribution in [-0.4, -0.2) is 19.5 Å². The number of aromatic nitrogens is 4. The summed E-state index contributed by atoms with van der Waals surface area (Å²) in [5.74, 6) is 0.871. The molecule has 0 aliphatic heterocycles. The fourth-order valence-corrected chi connectivity index (χ4v) is 6.44. The van der Waals surface area contributed by atoms with Crippen LogP contribution in [0.15, 0.2) is 102 Å². The van der Waals surface area contributed by atoms with Crippen LogP contribution >= 0.6 is 0 Å². The Bertz CT molecular complexity index is 2580. The van der Waals surface area contributed by atoms with Gasteiger partial charge in [-0.05, 0) is 65.8 Å². The smallest absolute Gasteiger partial charge is 0.168 e. The van der Waals surface area contributed by atoms with Gasteiger partial charge in [-0.25, -0.2) is 4.98 Å². The van der Waals surface area contributed by atoms with E-state index in [1.54, 1.807) is 12.3 Å². The maximum atomic E-state index is 13.8. The number of nitrogens with zero attached hydrogens (tertiary/aromatic N) is 4. The summed E-state index contributed by atoms with van der Waals surface area (Å²) in [6.45, 7) is 10.7. The van der Waals surface area contributed by atoms with E-state index in [1.807, 2.05) is 43.5 Å². The van der Waals surface area contributed by atoms with Gasteiger partial charge in [-0.3, -0.25) is 9.37 Å². The van der Waals surface area contributed by atoms with E-state index in [2.05, 4.69) is 97.7 Å². The molecule has 0 aliphatic rings. The van der Waals surface area contributed by atoms with Gasteiger partial charge < -0.3 is 14.0 Å². The molecule has 259 valence electrons. The molecule has 7 heteroatoms. The van der Waals surface area contributed by atoms with Crippen LogP contribution < -0.4 is 0 Å². The van der Waals surface area contributed by atoms with Gasteiger partial charge in [0.25, 0.3) is 0 Å². The van der Waals surface area contributed by atoms with Crippen LogP contribution in [0.5, 0.6) is 0 Å². The van der Waals surface area contributed by atoms with E-state index < -0.39 is 12.7 Å². The zero-order valence-corrected chi connectivity index (χ0v) is 31.7. The first kappa shape index (κ1) is 32.0. The molecule has 0 atom stereocenters. The van der Waals surface area contributed by atoms with E-state index >= 15 is 0 Å². The maximum absolute atomic E-state index is 13.8. The Morgan fingerprint density at radius 2 is 1.59 bits per heavy atom. The van der Waals surface area contributed by atoms with Gasteiger partial charge >= 0.3 is 0 Å². The molecule has 1 radical (unpaired) electrons. The summed E-state index contributed by atoms with van der Waals surface area (Å²) >= 11 is 0. The average molecular weight is 854 g/mol. The third kappa shape index (κ3) is 6.76. The van der Waals surface area contributed by atoms with Crippen molar-refractivity contribution in [2.45, 2.75) is 60.2 Å². The summed E-state index contributed by atoms with van der Waals surface area (Å²) in [4.78, 5) is 13.9. The van der Waals surface area contributed by atoms with Gasteiger partial charge in [0.05, 0.1) is 16.9 Å². The first-order chi connectivity index (χ1) is 25.3. The predicted octanol–water partition coefficient (Wildman–Crippen LogP) is 11.6. The van der Waals surface area contributed by atoms with Gasteiger partial charge in [0.2, 0.25) is 0 Å². The average Bonchev–Trinajstić information content (AvgIpc) is 3.71. The van der Waals surface area contributed by atoms with Gasteiger partial charge in [0, 0.05) is 53.5 Å². The molecule has 0 spiro atoms. The molecule has 0 amide bonds. The fourth-order valence-electron chi connectivity index (χ4n) is 6.44. The molecule has 51 heavy (non-hydrogen) atoms. The Balaban J connectivity index is 0.000000222. The van der Waals surface area contributed by atoms with Crippen LogP contribution in [0.25, 0.3) is 61.4 Å². The maximum Gasteiger partial charge on any atom is 0.168 e. The van der Waals surface area contributed by atoms with Crippen molar-refractivity contribution in [3.8, 4) is 28.3 Å². The molecule has 0 N–H and O–H groups in total. The number of fused-ring (bicyclic) bond motifs is 4. The molecule has 0 saturated carbocycles. The minimum absolute atomic E-state index is 0. The minimum Gasteiger partial charge on any atom is -0.501 e. The van der Waals surface area contributed by atoms with E-state index in [0.717, 1.165) is 61.7 Å². The molecule has 0 saturated heterocycles. The number of hydrogen-bond acceptors (Lipinski definition) is 4. The van der Waals surface area contributed by atoms with Crippen molar-refractivity contribution in [2.24, 2.45) is 0 Å². The molecule has 0 bridgehead atoms. The second kappa shape index (κ2) is 14.7. The van der Waals surface area contributed by atoms with Crippen molar-refractivity contribution >= 4 is 33.1 Å². The monoisotopic (exact) mass is 854 g/mol. The van der Waals surface area contributed by atoms with Crippen molar-refractivity contribution in [3.63, 3.8) is 0 Å². The fraction of sp³-hybridized carbons (Fsp3) is 0.205. The second-order valence-corrected chi connectivity index (χ2v) is 13.2. The molecule has 8 rings (SSSR count). The van der Waals surface area contributed by atoms with Crippen molar-refractivity contribution in [1.82, 2.24) is 19.5 Å². The molecule has 0 fully saturated rings. The van der Waals surface area contributed by atoms with E-state index in [-0.39, 0.29) is 31.2 Å². The first-order valence-electron chi connectivity index (χ1n) is 18.3. The summed E-state index contributed by atoms with van der Waals surface area (Å²) in [7, 11) is 0. The molecule has 0 aliphatic carbocycles. The van der Waals surface area contributed by atoms with Gasteiger partial charge in [-0.2, -0.15) is 0 Å². The summed E-state index contributed by atoms with van der Waals surface area (Å²) in [5.41, 5.74) is 10.7. The summed E-state index contributed by atoms with van der Waals surface area (Å²) < 4.78 is 44.2. The molecule has 5 nitrogen and oxygen atoms in total. The first-order valence-corrected chi connectivity index (χ1v) is 16.8. The number of halogens is 1. The number of imidazole rings is 1. The van der Waals surface area contributed by atoms with E-state index in [9.17, 15) is 4.39 Å². The van der Waals surface area contributed by atoms with E-state index in [1.165, 1.54) is 22.9 Å². The largest absolute Gasteiger partial charge is 0.501 e. The standard InChI is InChI=1S/C31H28N3O.C13H11FN.Ir/c1-18(2)21-11-8-12-22(19(3)4)28(21)34-27-20(5)16-17-32-30(27)33-31(34)25-14-9-13-24-23-10-6-7-15-26(23)35-29(24)25;1-9-3-5-11(12(14)7-9)13-6-4-10(2)8-15-13;/h6-13,15-19H,1-5H3;3-4,6-8H,1-2H3;/q2*-1;/i;1D3;. The molecule has 4 aromatic carbocycles. The van der Waals surface area contributed by atoms with E-state index in [0.29, 0.717) is 17.5 Å². The second-order valence-electron chi connectivity index (χ2n) is 13.2. The number of rotatable bonds is 5. The number of pyridine rings is 2. The molecular weight excluding hydrogens is 812 g/mol. The minimum atomic E-state index is -2.32. The van der Waals surface area contributed by atoms with Crippen molar-refractivity contribution in [2.75, 3.05) is 0 Å². The summed E-state index contributed by atoms with van der Waals surface area (Å²) in [6, 6.07) is 32.8. The van der Waals surface area contributed by atoms with Crippen LogP contribution in [-0.2, 0) is 20.1 Å². The summed E-state index contributed by atoms with van der Waals surface area (Å²) in [5, 5.41) is 2.17. The van der Waals surface area contributed by atoms with Gasteiger partial charge in [-0.1, -0.05) is 99.6 Å². The van der Waals surface area contributed by atoms with Gasteiger partial charge in [-0.15, -0.1) is 42.0 Å². The van der Waals surface area contributed by atoms with Crippen LogP contribution in [0.2, 0.25) is 0 Å². The number of aryl methyl sites for hydroxylation is 3. The summed E-state index contributed by atoms with van der Waals surface area (Å²) in [6.07, 6.45) is 3.46. The topological polar surface area (TPSA) is 56.7 Å². The zero-order valence-electron chi connectivity index (χ0n) is 32.3. The molecule has 0 unspecified atom stereocenters. The Morgan fingerprint density at radius 3 is 2.27 bits per heavy atom. The normalized spacial score (nSPS) is 12.5. The van der Waals surface area contributed by atoms with Crippen LogP contribution in [0.1, 0.15) is 71.5 Å². The quantitative estimate of drug-likeness (QED) is 0.162. The van der Waals surface area contributed by atoms with Crippen LogP contribution in [0, 0.1) is 38.6 Å². The Kier molecular flexibility index (Phi) is 9.22. The molecular formula is C44H39FIrN4O-2. The van der Waals surface area contributed by atoms with Crippen molar-refractivity contribution in [3.05, 3.63) is 143 Å². The number of furan rings is 1. The van der Waals surface area contributed by atoms with E-state index in [4.69, 9.17) is 13.5 Å². The Morgan fingerprint density at radius 1 is 0.824 bits per heavy atom. The number of benzene rings is 4. The number of para-hydroxylation sites is 2. The van der Waals surface area contributed by atoms with Gasteiger partial charge in [0.1, 0.15) is 5.58 Å². The zero-order chi connectivity index (χ0) is 37.6. The Labute approximate surface area is 316 Å². The number of hydrogen-bond donors (Lipinski definition) is 0. The molecule has 4 aromatic heterocycles. The Hall–Kier alpha value is -4.97. The third-order valence-electron chi connectivity index (χ3n) is 8.94.